The van der Waals surface area contributed by atoms with E-state index in [4.69, 9.17) is 4.74 Å². The van der Waals surface area contributed by atoms with Crippen LogP contribution in [0.1, 0.15) is 22.9 Å². The van der Waals surface area contributed by atoms with E-state index < -0.39 is 6.04 Å². The number of ether oxygens (including phenoxy) is 1. The molecule has 7 heteroatoms. The zero-order valence-electron chi connectivity index (χ0n) is 19.4. The van der Waals surface area contributed by atoms with Crippen molar-refractivity contribution in [3.05, 3.63) is 77.1 Å². The number of H-pyrrole nitrogens is 1. The van der Waals surface area contributed by atoms with Gasteiger partial charge in [-0.3, -0.25) is 4.79 Å². The van der Waals surface area contributed by atoms with Crippen molar-refractivity contribution in [3.8, 4) is 22.8 Å². The van der Waals surface area contributed by atoms with Crippen molar-refractivity contribution in [2.45, 2.75) is 13.0 Å². The van der Waals surface area contributed by atoms with E-state index >= 15 is 0 Å². The summed E-state index contributed by atoms with van der Waals surface area (Å²) in [6.45, 7) is 4.95. The number of likely N-dealkylation sites (N-methyl/N-ethyl adjacent to an activating group) is 1. The van der Waals surface area contributed by atoms with Gasteiger partial charge in [-0.25, -0.2) is 0 Å². The zero-order chi connectivity index (χ0) is 23.7. The number of para-hydroxylation sites is 2. The summed E-state index contributed by atoms with van der Waals surface area (Å²) in [5.74, 6) is 1.35. The van der Waals surface area contributed by atoms with Gasteiger partial charge < -0.3 is 29.6 Å². The first-order valence-electron chi connectivity index (χ1n) is 11.5. The van der Waals surface area contributed by atoms with Crippen LogP contribution in [0.25, 0.3) is 17.3 Å². The third kappa shape index (κ3) is 4.10. The van der Waals surface area contributed by atoms with Gasteiger partial charge in [-0.1, -0.05) is 30.3 Å². The molecule has 34 heavy (non-hydrogen) atoms. The molecule has 1 unspecified atom stereocenters. The molecular weight excluding hydrogens is 428 g/mol. The minimum Gasteiger partial charge on any atom is -0.457 e. The van der Waals surface area contributed by atoms with Gasteiger partial charge in [0.05, 0.1) is 5.69 Å². The number of carbonyl (C=O) groups excluding carboxylic acids is 2. The Hall–Kier alpha value is -3.84. The standard InChI is InChI=1S/C27H28N4O3/c1-18-25-21(16-22(29-23(25)17-32)27(33)31-14-12-30(2)13-15-31)26(28-18)20-10-6-7-11-24(20)34-19-8-4-3-5-9-19/h3-11,16-17,23,28-29H,12-15H2,1-2H3. The van der Waals surface area contributed by atoms with E-state index in [0.29, 0.717) is 24.5 Å². The number of hydrogen-bond donors (Lipinski definition) is 2. The van der Waals surface area contributed by atoms with E-state index in [1.54, 1.807) is 0 Å². The van der Waals surface area contributed by atoms with Crippen molar-refractivity contribution >= 4 is 18.3 Å². The number of aldehydes is 1. The van der Waals surface area contributed by atoms with Gasteiger partial charge in [-0.2, -0.15) is 0 Å². The van der Waals surface area contributed by atoms with Gasteiger partial charge in [0.2, 0.25) is 0 Å². The molecule has 1 fully saturated rings. The molecular formula is C27H28N4O3. The Morgan fingerprint density at radius 3 is 2.47 bits per heavy atom. The van der Waals surface area contributed by atoms with E-state index in [0.717, 1.165) is 53.2 Å². The lowest BCUT2D eigenvalue weighted by Gasteiger charge is -2.34. The molecule has 5 rings (SSSR count). The summed E-state index contributed by atoms with van der Waals surface area (Å²) in [4.78, 5) is 32.9. The molecule has 2 aliphatic rings. The molecule has 0 spiro atoms. The van der Waals surface area contributed by atoms with Crippen LogP contribution < -0.4 is 10.1 Å². The van der Waals surface area contributed by atoms with Crippen LogP contribution in [-0.4, -0.2) is 60.2 Å². The molecule has 1 aromatic heterocycles. The summed E-state index contributed by atoms with van der Waals surface area (Å²) in [5.41, 5.74) is 4.72. The van der Waals surface area contributed by atoms with E-state index in [2.05, 4.69) is 22.2 Å². The van der Waals surface area contributed by atoms with Gasteiger partial charge in [-0.05, 0) is 44.3 Å². The van der Waals surface area contributed by atoms with Crippen LogP contribution in [0.4, 0.5) is 0 Å². The lowest BCUT2D eigenvalue weighted by atomic mass is 9.94. The summed E-state index contributed by atoms with van der Waals surface area (Å²) >= 11 is 0. The molecule has 1 amide bonds. The van der Waals surface area contributed by atoms with Gasteiger partial charge >= 0.3 is 0 Å². The second-order valence-corrected chi connectivity index (χ2v) is 8.78. The topological polar surface area (TPSA) is 77.7 Å². The molecule has 7 nitrogen and oxygen atoms in total. The summed E-state index contributed by atoms with van der Waals surface area (Å²) in [7, 11) is 2.05. The Morgan fingerprint density at radius 2 is 1.74 bits per heavy atom. The van der Waals surface area contributed by atoms with Gasteiger partial charge in [0.25, 0.3) is 5.91 Å². The molecule has 2 aliphatic heterocycles. The second-order valence-electron chi connectivity index (χ2n) is 8.78. The van der Waals surface area contributed by atoms with Crippen LogP contribution in [0, 0.1) is 6.92 Å². The fourth-order valence-electron chi connectivity index (χ4n) is 4.63. The first kappa shape index (κ1) is 22.0. The third-order valence-corrected chi connectivity index (χ3v) is 6.47. The highest BCUT2D eigenvalue weighted by Crippen LogP contribution is 2.40. The van der Waals surface area contributed by atoms with Gasteiger partial charge in [0.15, 0.2) is 0 Å². The first-order valence-corrected chi connectivity index (χ1v) is 11.5. The number of carbonyl (C=O) groups is 2. The van der Waals surface area contributed by atoms with E-state index in [9.17, 15) is 9.59 Å². The Labute approximate surface area is 199 Å². The molecule has 0 saturated carbocycles. The summed E-state index contributed by atoms with van der Waals surface area (Å²) in [6.07, 6.45) is 2.73. The number of rotatable bonds is 5. The molecule has 1 atom stereocenters. The van der Waals surface area contributed by atoms with Gasteiger partial charge in [0.1, 0.15) is 29.5 Å². The minimum atomic E-state index is -0.599. The van der Waals surface area contributed by atoms with E-state index in [-0.39, 0.29) is 5.91 Å². The van der Waals surface area contributed by atoms with Crippen molar-refractivity contribution in [3.63, 3.8) is 0 Å². The average Bonchev–Trinajstić information content (AvgIpc) is 3.20. The lowest BCUT2D eigenvalue weighted by Crippen LogP contribution is -2.49. The molecule has 3 aromatic rings. The van der Waals surface area contributed by atoms with Crippen molar-refractivity contribution in [1.82, 2.24) is 20.1 Å². The fourth-order valence-corrected chi connectivity index (χ4v) is 4.63. The van der Waals surface area contributed by atoms with Crippen molar-refractivity contribution in [1.29, 1.82) is 0 Å². The normalized spacial score (nSPS) is 18.0. The SMILES string of the molecule is Cc1[nH]c(-c2ccccc2Oc2ccccc2)c2c1C(C=O)NC(C(=O)N1CCN(C)CC1)=C2. The Kier molecular flexibility index (Phi) is 5.94. The van der Waals surface area contributed by atoms with E-state index in [1.807, 2.05) is 72.5 Å². The van der Waals surface area contributed by atoms with Crippen LogP contribution >= 0.6 is 0 Å². The lowest BCUT2D eigenvalue weighted by molar-refractivity contribution is -0.129. The number of hydrogen-bond acceptors (Lipinski definition) is 5. The second kappa shape index (κ2) is 9.19. The monoisotopic (exact) mass is 456 g/mol. The number of aryl methyl sites for hydroxylation is 1. The van der Waals surface area contributed by atoms with Crippen molar-refractivity contribution in [2.75, 3.05) is 33.2 Å². The molecule has 0 aliphatic carbocycles. The maximum Gasteiger partial charge on any atom is 0.270 e. The Balaban J connectivity index is 1.56. The van der Waals surface area contributed by atoms with Crippen molar-refractivity contribution < 1.29 is 14.3 Å². The maximum absolute atomic E-state index is 13.3. The minimum absolute atomic E-state index is 0.0794. The molecule has 2 N–H and O–H groups in total. The molecule has 1 saturated heterocycles. The predicted octanol–water partition coefficient (Wildman–Crippen LogP) is 3.74. The maximum atomic E-state index is 13.3. The Morgan fingerprint density at radius 1 is 1.03 bits per heavy atom. The molecule has 174 valence electrons. The van der Waals surface area contributed by atoms with Gasteiger partial charge in [0, 0.05) is 48.6 Å². The summed E-state index contributed by atoms with van der Waals surface area (Å²) in [6, 6.07) is 16.8. The largest absolute Gasteiger partial charge is 0.457 e. The number of nitrogens with zero attached hydrogens (tertiary/aromatic N) is 2. The molecule has 3 heterocycles. The van der Waals surface area contributed by atoms with E-state index in [1.165, 1.54) is 0 Å². The molecule has 0 radical (unpaired) electrons. The number of aromatic amines is 1. The third-order valence-electron chi connectivity index (χ3n) is 6.47. The zero-order valence-corrected chi connectivity index (χ0v) is 19.4. The van der Waals surface area contributed by atoms with Gasteiger partial charge in [-0.15, -0.1) is 0 Å². The van der Waals surface area contributed by atoms with Crippen LogP contribution in [0.15, 0.2) is 60.3 Å². The quantitative estimate of drug-likeness (QED) is 0.572. The highest BCUT2D eigenvalue weighted by Gasteiger charge is 2.32. The highest BCUT2D eigenvalue weighted by atomic mass is 16.5. The molecule has 0 bridgehead atoms. The predicted molar refractivity (Wildman–Crippen MR) is 131 cm³/mol. The average molecular weight is 457 g/mol. The first-order chi connectivity index (χ1) is 16.5. The van der Waals surface area contributed by atoms with Crippen molar-refractivity contribution in [2.24, 2.45) is 0 Å². The smallest absolute Gasteiger partial charge is 0.270 e. The number of amides is 1. The number of aromatic nitrogens is 1. The highest BCUT2D eigenvalue weighted by molar-refractivity contribution is 6.01. The number of piperazine rings is 1. The number of nitrogens with one attached hydrogen (secondary N) is 2. The van der Waals surface area contributed by atoms with Crippen LogP contribution in [0.3, 0.4) is 0 Å². The Bertz CT molecular complexity index is 1240. The fraction of sp³-hybridized carbons (Fsp3) is 0.259. The summed E-state index contributed by atoms with van der Waals surface area (Å²) < 4.78 is 6.19. The van der Waals surface area contributed by atoms with Crippen LogP contribution in [0.5, 0.6) is 11.5 Å². The molecule has 2 aromatic carbocycles. The van der Waals surface area contributed by atoms with Crippen LogP contribution in [0.2, 0.25) is 0 Å². The number of fused-ring (bicyclic) bond motifs is 1. The number of benzene rings is 2. The summed E-state index contributed by atoms with van der Waals surface area (Å²) in [5, 5.41) is 3.16. The van der Waals surface area contributed by atoms with Crippen LogP contribution in [-0.2, 0) is 9.59 Å².